The van der Waals surface area contributed by atoms with Gasteiger partial charge in [-0.05, 0) is 23.8 Å². The first-order valence-electron chi connectivity index (χ1n) is 8.68. The minimum atomic E-state index is -1.13. The molecule has 0 radical (unpaired) electrons. The monoisotopic (exact) mass is 418 g/mol. The molecule has 2 aromatic rings. The number of amides is 2. The van der Waals surface area contributed by atoms with Crippen LogP contribution in [0.25, 0.3) is 10.8 Å². The standard InChI is InChI=1S/C20H20BrNO4/c1-13-5-4-10-22(13,20(25)26)18(23)12-17(21)19(24)16-9-8-14-6-2-3-7-15(14)11-16/h2-3,6-9,11,13,17H,4-5,10,12H2,1H3/p+1/t13-,17?,22?/m1/s1. The van der Waals surface area contributed by atoms with Crippen LogP contribution >= 0.6 is 15.9 Å². The van der Waals surface area contributed by atoms with Crippen LogP contribution < -0.4 is 0 Å². The Morgan fingerprint density at radius 1 is 1.19 bits per heavy atom. The van der Waals surface area contributed by atoms with Gasteiger partial charge in [-0.2, -0.15) is 9.28 Å². The molecule has 3 rings (SSSR count). The summed E-state index contributed by atoms with van der Waals surface area (Å²) in [4.78, 5) is 36.6. The quantitative estimate of drug-likeness (QED) is 0.454. The zero-order valence-electron chi connectivity index (χ0n) is 14.5. The first-order valence-corrected chi connectivity index (χ1v) is 9.59. The number of benzene rings is 2. The molecule has 0 aromatic heterocycles. The van der Waals surface area contributed by atoms with Gasteiger partial charge in [0.1, 0.15) is 6.04 Å². The number of imide groups is 1. The average molecular weight is 419 g/mol. The van der Waals surface area contributed by atoms with Crippen LogP contribution in [0.5, 0.6) is 0 Å². The third-order valence-electron chi connectivity index (χ3n) is 5.34. The largest absolute Gasteiger partial charge is 0.521 e. The van der Waals surface area contributed by atoms with Gasteiger partial charge in [-0.3, -0.25) is 4.79 Å². The maximum Gasteiger partial charge on any atom is 0.521 e. The van der Waals surface area contributed by atoms with Crippen molar-refractivity contribution in [3.63, 3.8) is 0 Å². The van der Waals surface area contributed by atoms with Crippen molar-refractivity contribution in [3.8, 4) is 0 Å². The molecular weight excluding hydrogens is 398 g/mol. The van der Waals surface area contributed by atoms with Gasteiger partial charge in [-0.25, -0.2) is 4.79 Å². The van der Waals surface area contributed by atoms with Gasteiger partial charge in [0, 0.05) is 18.4 Å². The summed E-state index contributed by atoms with van der Waals surface area (Å²) >= 11 is 3.31. The summed E-state index contributed by atoms with van der Waals surface area (Å²) in [5.41, 5.74) is 0.509. The number of carbonyl (C=O) groups is 3. The zero-order valence-corrected chi connectivity index (χ0v) is 16.1. The van der Waals surface area contributed by atoms with Crippen molar-refractivity contribution in [2.45, 2.75) is 37.1 Å². The zero-order chi connectivity index (χ0) is 18.9. The third-order valence-corrected chi connectivity index (χ3v) is 6.08. The number of likely N-dealkylation sites (tertiary alicyclic amines) is 1. The van der Waals surface area contributed by atoms with Gasteiger partial charge in [-0.15, -0.1) is 0 Å². The first kappa shape index (κ1) is 18.7. The molecule has 1 aliphatic heterocycles. The van der Waals surface area contributed by atoms with E-state index < -0.39 is 21.3 Å². The number of Topliss-reactive ketones (excluding diaryl/α,β-unsaturated/α-hetero) is 1. The number of hydrogen-bond donors (Lipinski definition) is 1. The van der Waals surface area contributed by atoms with Crippen molar-refractivity contribution in [1.82, 2.24) is 0 Å². The lowest BCUT2D eigenvalue weighted by molar-refractivity contribution is -0.792. The molecule has 1 aliphatic rings. The number of carbonyl (C=O) groups excluding carboxylic acids is 2. The normalized spacial score (nSPS) is 23.7. The maximum atomic E-state index is 12.8. The summed E-state index contributed by atoms with van der Waals surface area (Å²) in [6.45, 7) is 2.08. The van der Waals surface area contributed by atoms with Gasteiger partial charge in [-0.1, -0.05) is 52.3 Å². The van der Waals surface area contributed by atoms with Crippen LogP contribution in [0, 0.1) is 0 Å². The Labute approximate surface area is 160 Å². The number of nitrogens with zero attached hydrogens (tertiary/aromatic N) is 1. The fourth-order valence-corrected chi connectivity index (χ4v) is 4.31. The number of rotatable bonds is 4. The topological polar surface area (TPSA) is 71.4 Å². The Morgan fingerprint density at radius 3 is 2.50 bits per heavy atom. The molecule has 5 nitrogen and oxygen atoms in total. The van der Waals surface area contributed by atoms with E-state index in [1.165, 1.54) is 0 Å². The molecular formula is C20H21BrNO4+. The van der Waals surface area contributed by atoms with Crippen LogP contribution in [0.15, 0.2) is 42.5 Å². The summed E-state index contributed by atoms with van der Waals surface area (Å²) in [6.07, 6.45) is 0.134. The highest BCUT2D eigenvalue weighted by atomic mass is 79.9. The second-order valence-corrected chi connectivity index (χ2v) is 7.96. The molecule has 2 unspecified atom stereocenters. The highest BCUT2D eigenvalue weighted by Gasteiger charge is 2.53. The van der Waals surface area contributed by atoms with E-state index in [4.69, 9.17) is 0 Å². The summed E-state index contributed by atoms with van der Waals surface area (Å²) in [5, 5.41) is 11.6. The molecule has 0 saturated carbocycles. The van der Waals surface area contributed by atoms with E-state index in [-0.39, 0.29) is 18.2 Å². The van der Waals surface area contributed by atoms with E-state index in [0.29, 0.717) is 24.9 Å². The Balaban J connectivity index is 1.79. The molecule has 0 spiro atoms. The molecule has 3 atom stereocenters. The van der Waals surface area contributed by atoms with Crippen molar-refractivity contribution >= 4 is 44.5 Å². The number of ketones is 1. The first-order chi connectivity index (χ1) is 12.4. The summed E-state index contributed by atoms with van der Waals surface area (Å²) in [7, 11) is 0. The molecule has 2 amide bonds. The Morgan fingerprint density at radius 2 is 1.88 bits per heavy atom. The minimum absolute atomic E-state index is 0.137. The smallest absolute Gasteiger partial charge is 0.435 e. The lowest BCUT2D eigenvalue weighted by Crippen LogP contribution is -2.59. The lowest BCUT2D eigenvalue weighted by atomic mass is 10.0. The fourth-order valence-electron chi connectivity index (χ4n) is 3.77. The predicted molar refractivity (Wildman–Crippen MR) is 102 cm³/mol. The van der Waals surface area contributed by atoms with Gasteiger partial charge in [0.05, 0.1) is 17.8 Å². The third kappa shape index (κ3) is 3.19. The van der Waals surface area contributed by atoms with Crippen LogP contribution in [0.1, 0.15) is 36.5 Å². The summed E-state index contributed by atoms with van der Waals surface area (Å²) < 4.78 is -0.576. The SMILES string of the molecule is C[C@@H]1CCC[N+]1(C(=O)O)C(=O)CC(Br)C(=O)c1ccc2ccccc2c1. The van der Waals surface area contributed by atoms with E-state index in [9.17, 15) is 19.5 Å². The minimum Gasteiger partial charge on any atom is -0.435 e. The second kappa shape index (κ2) is 7.29. The van der Waals surface area contributed by atoms with Crippen LogP contribution in [-0.4, -0.2) is 44.8 Å². The molecule has 26 heavy (non-hydrogen) atoms. The van der Waals surface area contributed by atoms with Crippen molar-refractivity contribution in [2.75, 3.05) is 6.54 Å². The highest BCUT2D eigenvalue weighted by Crippen LogP contribution is 2.30. The molecule has 0 aliphatic carbocycles. The molecule has 2 aromatic carbocycles. The maximum absolute atomic E-state index is 12.8. The van der Waals surface area contributed by atoms with E-state index in [1.807, 2.05) is 30.3 Å². The molecule has 0 bridgehead atoms. The van der Waals surface area contributed by atoms with Crippen molar-refractivity contribution in [1.29, 1.82) is 0 Å². The van der Waals surface area contributed by atoms with Gasteiger partial charge >= 0.3 is 12.0 Å². The molecule has 1 saturated heterocycles. The van der Waals surface area contributed by atoms with Crippen LogP contribution in [-0.2, 0) is 4.79 Å². The molecule has 136 valence electrons. The number of hydrogen-bond acceptors (Lipinski definition) is 3. The predicted octanol–water partition coefficient (Wildman–Crippen LogP) is 4.38. The fraction of sp³-hybridized carbons (Fsp3) is 0.350. The van der Waals surface area contributed by atoms with Gasteiger partial charge < -0.3 is 5.11 Å². The van der Waals surface area contributed by atoms with E-state index >= 15 is 0 Å². The molecule has 1 fully saturated rings. The molecule has 1 heterocycles. The van der Waals surface area contributed by atoms with Crippen molar-refractivity contribution in [2.24, 2.45) is 0 Å². The van der Waals surface area contributed by atoms with E-state index in [0.717, 1.165) is 10.8 Å². The average Bonchev–Trinajstić information content (AvgIpc) is 3.03. The number of quaternary nitrogens is 1. The van der Waals surface area contributed by atoms with Crippen LogP contribution in [0.4, 0.5) is 4.79 Å². The van der Waals surface area contributed by atoms with Gasteiger partial charge in [0.2, 0.25) is 0 Å². The lowest BCUT2D eigenvalue weighted by Gasteiger charge is -2.30. The Kier molecular flexibility index (Phi) is 5.25. The second-order valence-electron chi connectivity index (χ2n) is 6.86. The summed E-state index contributed by atoms with van der Waals surface area (Å²) in [6, 6.07) is 12.9. The number of halogens is 1. The van der Waals surface area contributed by atoms with Crippen molar-refractivity contribution in [3.05, 3.63) is 48.0 Å². The van der Waals surface area contributed by atoms with Crippen LogP contribution in [0.3, 0.4) is 0 Å². The van der Waals surface area contributed by atoms with Gasteiger partial charge in [0.25, 0.3) is 0 Å². The highest BCUT2D eigenvalue weighted by molar-refractivity contribution is 9.10. The van der Waals surface area contributed by atoms with E-state index in [2.05, 4.69) is 15.9 Å². The number of alkyl halides is 1. The Hall–Kier alpha value is -2.05. The van der Waals surface area contributed by atoms with Gasteiger partial charge in [0.15, 0.2) is 5.78 Å². The van der Waals surface area contributed by atoms with E-state index in [1.54, 1.807) is 19.1 Å². The van der Waals surface area contributed by atoms with Crippen LogP contribution in [0.2, 0.25) is 0 Å². The van der Waals surface area contributed by atoms with Crippen molar-refractivity contribution < 1.29 is 24.0 Å². The Bertz CT molecular complexity index is 881. The number of fused-ring (bicyclic) bond motifs is 1. The number of carboxylic acid groups (broad SMARTS) is 1. The molecule has 1 N–H and O–H groups in total. The molecule has 6 heteroatoms. The summed E-state index contributed by atoms with van der Waals surface area (Å²) in [5.74, 6) is -0.627.